The van der Waals surface area contributed by atoms with Gasteiger partial charge in [0.15, 0.2) is 0 Å². The molecule has 5 aromatic rings. The highest BCUT2D eigenvalue weighted by molar-refractivity contribution is 5.94. The molecule has 0 spiro atoms. The molecule has 0 aliphatic carbocycles. The molecule has 2 heterocycles. The summed E-state index contributed by atoms with van der Waals surface area (Å²) in [6.07, 6.45) is 1.51. The lowest BCUT2D eigenvalue weighted by atomic mass is 10.1. The molecule has 0 radical (unpaired) electrons. The molecule has 202 valence electrons. The molecule has 3 aromatic carbocycles. The Hall–Kier alpha value is -5.02. The number of anilines is 1. The van der Waals surface area contributed by atoms with E-state index in [0.717, 1.165) is 11.1 Å². The highest BCUT2D eigenvalue weighted by Gasteiger charge is 2.21. The number of benzene rings is 3. The molecule has 0 aliphatic heterocycles. The van der Waals surface area contributed by atoms with Crippen LogP contribution in [0, 0.1) is 5.82 Å². The van der Waals surface area contributed by atoms with Crippen LogP contribution in [-0.4, -0.2) is 39.6 Å². The Morgan fingerprint density at radius 1 is 0.925 bits per heavy atom. The van der Waals surface area contributed by atoms with E-state index in [1.54, 1.807) is 30.3 Å². The third-order valence-corrected chi connectivity index (χ3v) is 6.07. The molecular formula is C31H27FN4O4. The highest BCUT2D eigenvalue weighted by atomic mass is 19.1. The molecule has 0 unspecified atom stereocenters. The first-order valence-electron chi connectivity index (χ1n) is 12.7. The van der Waals surface area contributed by atoms with E-state index in [9.17, 15) is 14.0 Å². The van der Waals surface area contributed by atoms with Crippen molar-refractivity contribution < 1.29 is 23.1 Å². The standard InChI is InChI=1S/C31H27FN4O4/c32-25-13-15-26(16-14-25)36-29(18-28(34-36)24-10-5-2-6-11-24)33-30(37)20-35(19-27-12-7-17-40-27)31(38)22-39-21-23-8-3-1-4-9-23/h1-18H,19-22H2,(H,33,37). The van der Waals surface area contributed by atoms with E-state index >= 15 is 0 Å². The quantitative estimate of drug-likeness (QED) is 0.241. The normalized spacial score (nSPS) is 10.8. The predicted molar refractivity (Wildman–Crippen MR) is 148 cm³/mol. The van der Waals surface area contributed by atoms with Crippen molar-refractivity contribution in [3.63, 3.8) is 0 Å². The van der Waals surface area contributed by atoms with Gasteiger partial charge in [0, 0.05) is 11.6 Å². The lowest BCUT2D eigenvalue weighted by molar-refractivity contribution is -0.140. The lowest BCUT2D eigenvalue weighted by Gasteiger charge is -2.21. The van der Waals surface area contributed by atoms with Gasteiger partial charge in [-0.25, -0.2) is 9.07 Å². The molecule has 2 aromatic heterocycles. The molecule has 0 bridgehead atoms. The Bertz CT molecular complexity index is 1540. The molecule has 2 amide bonds. The third kappa shape index (κ3) is 6.89. The van der Waals surface area contributed by atoms with Crippen LogP contribution in [0.1, 0.15) is 11.3 Å². The summed E-state index contributed by atoms with van der Waals surface area (Å²) in [6, 6.07) is 30.0. The van der Waals surface area contributed by atoms with Crippen LogP contribution in [0.25, 0.3) is 16.9 Å². The molecule has 0 atom stereocenters. The second kappa shape index (κ2) is 12.7. The first-order valence-corrected chi connectivity index (χ1v) is 12.7. The van der Waals surface area contributed by atoms with E-state index in [1.165, 1.54) is 28.0 Å². The molecule has 0 fully saturated rings. The number of aromatic nitrogens is 2. The zero-order valence-corrected chi connectivity index (χ0v) is 21.6. The Morgan fingerprint density at radius 3 is 2.35 bits per heavy atom. The van der Waals surface area contributed by atoms with Gasteiger partial charge in [0.2, 0.25) is 11.8 Å². The minimum absolute atomic E-state index is 0.0977. The minimum Gasteiger partial charge on any atom is -0.467 e. The smallest absolute Gasteiger partial charge is 0.249 e. The number of carbonyl (C=O) groups is 2. The molecule has 5 rings (SSSR count). The van der Waals surface area contributed by atoms with Crippen molar-refractivity contribution in [3.05, 3.63) is 127 Å². The second-order valence-corrected chi connectivity index (χ2v) is 9.02. The number of furan rings is 1. The summed E-state index contributed by atoms with van der Waals surface area (Å²) in [5, 5.41) is 7.50. The topological polar surface area (TPSA) is 89.6 Å². The average molecular weight is 539 g/mol. The molecule has 8 nitrogen and oxygen atoms in total. The van der Waals surface area contributed by atoms with Crippen LogP contribution in [0.5, 0.6) is 0 Å². The van der Waals surface area contributed by atoms with Crippen molar-refractivity contribution >= 4 is 17.6 Å². The Labute approximate surface area is 230 Å². The van der Waals surface area contributed by atoms with E-state index < -0.39 is 5.91 Å². The van der Waals surface area contributed by atoms with Gasteiger partial charge in [0.25, 0.3) is 0 Å². The molecule has 0 aliphatic rings. The van der Waals surface area contributed by atoms with Crippen molar-refractivity contribution in [2.24, 2.45) is 0 Å². The third-order valence-electron chi connectivity index (χ3n) is 6.07. The molecule has 1 N–H and O–H groups in total. The van der Waals surface area contributed by atoms with Gasteiger partial charge in [-0.2, -0.15) is 5.10 Å². The van der Waals surface area contributed by atoms with Gasteiger partial charge in [0.05, 0.1) is 30.8 Å². The van der Waals surface area contributed by atoms with E-state index in [-0.39, 0.29) is 38.0 Å². The van der Waals surface area contributed by atoms with Crippen LogP contribution in [0.3, 0.4) is 0 Å². The van der Waals surface area contributed by atoms with Crippen LogP contribution in [-0.2, 0) is 27.5 Å². The molecule has 9 heteroatoms. The molecular weight excluding hydrogens is 511 g/mol. The number of ether oxygens (including phenoxy) is 1. The SMILES string of the molecule is O=C(CN(Cc1ccco1)C(=O)COCc1ccccc1)Nc1cc(-c2ccccc2)nn1-c1ccc(F)cc1. The first-order chi connectivity index (χ1) is 19.5. The van der Waals surface area contributed by atoms with Crippen molar-refractivity contribution in [1.82, 2.24) is 14.7 Å². The predicted octanol–water partition coefficient (Wildman–Crippen LogP) is 5.46. The summed E-state index contributed by atoms with van der Waals surface area (Å²) >= 11 is 0. The molecule has 40 heavy (non-hydrogen) atoms. The number of amides is 2. The first kappa shape index (κ1) is 26.6. The average Bonchev–Trinajstić information content (AvgIpc) is 3.64. The van der Waals surface area contributed by atoms with Gasteiger partial charge < -0.3 is 19.4 Å². The molecule has 0 saturated heterocycles. The van der Waals surface area contributed by atoms with Gasteiger partial charge in [-0.05, 0) is 42.0 Å². The maximum atomic E-state index is 13.6. The summed E-state index contributed by atoms with van der Waals surface area (Å²) in [7, 11) is 0. The minimum atomic E-state index is -0.439. The Balaban J connectivity index is 1.32. The van der Waals surface area contributed by atoms with Gasteiger partial charge >= 0.3 is 0 Å². The van der Waals surface area contributed by atoms with Crippen LogP contribution >= 0.6 is 0 Å². The zero-order chi connectivity index (χ0) is 27.7. The van der Waals surface area contributed by atoms with E-state index in [0.29, 0.717) is 23.0 Å². The number of rotatable bonds is 11. The fourth-order valence-electron chi connectivity index (χ4n) is 4.10. The van der Waals surface area contributed by atoms with Crippen LogP contribution in [0.4, 0.5) is 10.2 Å². The summed E-state index contributed by atoms with van der Waals surface area (Å²) in [4.78, 5) is 27.7. The highest BCUT2D eigenvalue weighted by Crippen LogP contribution is 2.25. The number of nitrogens with zero attached hydrogens (tertiary/aromatic N) is 3. The van der Waals surface area contributed by atoms with Crippen LogP contribution in [0.2, 0.25) is 0 Å². The fraction of sp³-hybridized carbons (Fsp3) is 0.129. The van der Waals surface area contributed by atoms with E-state index in [4.69, 9.17) is 9.15 Å². The largest absolute Gasteiger partial charge is 0.467 e. The van der Waals surface area contributed by atoms with E-state index in [2.05, 4.69) is 10.4 Å². The van der Waals surface area contributed by atoms with Crippen molar-refractivity contribution in [3.8, 4) is 16.9 Å². The number of carbonyl (C=O) groups excluding carboxylic acids is 2. The van der Waals surface area contributed by atoms with Gasteiger partial charge in [0.1, 0.15) is 30.5 Å². The van der Waals surface area contributed by atoms with Gasteiger partial charge in [-0.15, -0.1) is 0 Å². The monoisotopic (exact) mass is 538 g/mol. The summed E-state index contributed by atoms with van der Waals surface area (Å²) in [6.45, 7) is -0.0784. The van der Waals surface area contributed by atoms with Crippen LogP contribution < -0.4 is 5.32 Å². The Kier molecular flexibility index (Phi) is 8.43. The maximum absolute atomic E-state index is 13.6. The van der Waals surface area contributed by atoms with E-state index in [1.807, 2.05) is 60.7 Å². The lowest BCUT2D eigenvalue weighted by Crippen LogP contribution is -2.39. The number of halogens is 1. The second-order valence-electron chi connectivity index (χ2n) is 9.02. The summed E-state index contributed by atoms with van der Waals surface area (Å²) < 4.78 is 26.2. The van der Waals surface area contributed by atoms with Crippen LogP contribution in [0.15, 0.2) is 114 Å². The van der Waals surface area contributed by atoms with Gasteiger partial charge in [-0.3, -0.25) is 9.59 Å². The zero-order valence-electron chi connectivity index (χ0n) is 21.6. The number of hydrogen-bond donors (Lipinski definition) is 1. The van der Waals surface area contributed by atoms with Crippen molar-refractivity contribution in [2.75, 3.05) is 18.5 Å². The maximum Gasteiger partial charge on any atom is 0.249 e. The molecule has 0 saturated carbocycles. The Morgan fingerprint density at radius 2 is 1.65 bits per heavy atom. The fourth-order valence-corrected chi connectivity index (χ4v) is 4.10. The van der Waals surface area contributed by atoms with Crippen molar-refractivity contribution in [2.45, 2.75) is 13.2 Å². The summed E-state index contributed by atoms with van der Waals surface area (Å²) in [5.41, 5.74) is 2.98. The number of hydrogen-bond acceptors (Lipinski definition) is 5. The van der Waals surface area contributed by atoms with Gasteiger partial charge in [-0.1, -0.05) is 60.7 Å². The number of nitrogens with one attached hydrogen (secondary N) is 1. The summed E-state index contributed by atoms with van der Waals surface area (Å²) in [5.74, 6) is -0.273. The van der Waals surface area contributed by atoms with Crippen molar-refractivity contribution in [1.29, 1.82) is 0 Å².